The smallest absolute Gasteiger partial charge is 0.223 e. The lowest BCUT2D eigenvalue weighted by molar-refractivity contribution is -0.134. The number of halogens is 1. The Morgan fingerprint density at radius 2 is 1.77 bits per heavy atom. The molecule has 1 fully saturated rings. The van der Waals surface area contributed by atoms with E-state index in [1.807, 2.05) is 0 Å². The molecule has 0 spiro atoms. The first-order chi connectivity index (χ1) is 14.5. The van der Waals surface area contributed by atoms with Crippen molar-refractivity contribution in [2.75, 3.05) is 20.2 Å². The molecule has 1 aliphatic rings. The largest absolute Gasteiger partial charge is 0.497 e. The van der Waals surface area contributed by atoms with Gasteiger partial charge in [-0.3, -0.25) is 14.4 Å². The van der Waals surface area contributed by atoms with Crippen molar-refractivity contribution in [2.45, 2.75) is 31.7 Å². The molecule has 0 bridgehead atoms. The van der Waals surface area contributed by atoms with Crippen LogP contribution in [0, 0.1) is 5.82 Å². The highest BCUT2D eigenvalue weighted by molar-refractivity contribution is 5.99. The molecule has 1 saturated heterocycles. The van der Waals surface area contributed by atoms with Crippen LogP contribution in [0.3, 0.4) is 0 Å². The van der Waals surface area contributed by atoms with Gasteiger partial charge in [-0.1, -0.05) is 12.1 Å². The van der Waals surface area contributed by atoms with E-state index in [-0.39, 0.29) is 48.8 Å². The molecule has 0 unspecified atom stereocenters. The summed E-state index contributed by atoms with van der Waals surface area (Å²) in [5.74, 6) is -0.333. The second kappa shape index (κ2) is 10.0. The van der Waals surface area contributed by atoms with Crippen molar-refractivity contribution in [1.29, 1.82) is 0 Å². The highest BCUT2D eigenvalue weighted by Gasteiger charge is 2.29. The number of nitrogens with zero attached hydrogens (tertiary/aromatic N) is 1. The maximum atomic E-state index is 13.2. The van der Waals surface area contributed by atoms with Crippen molar-refractivity contribution in [3.05, 3.63) is 65.5 Å². The summed E-state index contributed by atoms with van der Waals surface area (Å²) in [4.78, 5) is 38.6. The topological polar surface area (TPSA) is 75.7 Å². The predicted molar refractivity (Wildman–Crippen MR) is 110 cm³/mol. The van der Waals surface area contributed by atoms with E-state index in [9.17, 15) is 18.8 Å². The Morgan fingerprint density at radius 1 is 1.07 bits per heavy atom. The van der Waals surface area contributed by atoms with Crippen LogP contribution in [0.5, 0.6) is 5.75 Å². The molecular formula is C23H25FN2O4. The SMILES string of the molecule is COc1ccc(C(=O)CNC(=O)CCC(=O)N2CCC[C@H]2c2ccc(F)cc2)cc1. The van der Waals surface area contributed by atoms with Crippen molar-refractivity contribution in [3.8, 4) is 5.75 Å². The van der Waals surface area contributed by atoms with Crippen molar-refractivity contribution >= 4 is 17.6 Å². The van der Waals surface area contributed by atoms with Crippen LogP contribution in [0.2, 0.25) is 0 Å². The van der Waals surface area contributed by atoms with Gasteiger partial charge in [0, 0.05) is 24.9 Å². The number of ether oxygens (including phenoxy) is 1. The Hall–Kier alpha value is -3.22. The summed E-state index contributed by atoms with van der Waals surface area (Å²) in [6, 6.07) is 12.7. The van der Waals surface area contributed by atoms with Crippen LogP contribution in [0.1, 0.15) is 47.6 Å². The molecule has 0 saturated carbocycles. The molecule has 0 aromatic heterocycles. The molecule has 158 valence electrons. The highest BCUT2D eigenvalue weighted by atomic mass is 19.1. The number of hydrogen-bond donors (Lipinski definition) is 1. The molecule has 1 N–H and O–H groups in total. The number of likely N-dealkylation sites (tertiary alicyclic amines) is 1. The summed E-state index contributed by atoms with van der Waals surface area (Å²) in [5.41, 5.74) is 1.38. The first-order valence-corrected chi connectivity index (χ1v) is 9.97. The van der Waals surface area contributed by atoms with Gasteiger partial charge in [0.2, 0.25) is 11.8 Å². The van der Waals surface area contributed by atoms with Crippen molar-refractivity contribution in [2.24, 2.45) is 0 Å². The van der Waals surface area contributed by atoms with E-state index < -0.39 is 0 Å². The summed E-state index contributed by atoms with van der Waals surface area (Å²) in [7, 11) is 1.54. The van der Waals surface area contributed by atoms with E-state index in [0.717, 1.165) is 18.4 Å². The summed E-state index contributed by atoms with van der Waals surface area (Å²) < 4.78 is 18.2. The number of methoxy groups -OCH3 is 1. The van der Waals surface area contributed by atoms with Gasteiger partial charge in [-0.2, -0.15) is 0 Å². The van der Waals surface area contributed by atoms with Gasteiger partial charge in [-0.15, -0.1) is 0 Å². The Balaban J connectivity index is 1.46. The molecule has 7 heteroatoms. The zero-order chi connectivity index (χ0) is 21.5. The van der Waals surface area contributed by atoms with Gasteiger partial charge in [0.15, 0.2) is 5.78 Å². The first-order valence-electron chi connectivity index (χ1n) is 9.97. The number of amides is 2. The molecule has 1 aliphatic heterocycles. The summed E-state index contributed by atoms with van der Waals surface area (Å²) in [6.45, 7) is 0.500. The fourth-order valence-electron chi connectivity index (χ4n) is 3.61. The second-order valence-electron chi connectivity index (χ2n) is 7.23. The van der Waals surface area contributed by atoms with Gasteiger partial charge in [0.05, 0.1) is 19.7 Å². The lowest BCUT2D eigenvalue weighted by atomic mass is 10.0. The lowest BCUT2D eigenvalue weighted by Gasteiger charge is -2.25. The minimum Gasteiger partial charge on any atom is -0.497 e. The number of carbonyl (C=O) groups is 3. The third-order valence-corrected chi connectivity index (χ3v) is 5.25. The molecule has 2 amide bonds. The number of ketones is 1. The minimum absolute atomic E-state index is 0.0152. The van der Waals surface area contributed by atoms with E-state index in [1.54, 1.807) is 48.4 Å². The number of Topliss-reactive ketones (excluding diaryl/α,β-unsaturated/α-hetero) is 1. The number of carbonyl (C=O) groups excluding carboxylic acids is 3. The maximum absolute atomic E-state index is 13.2. The maximum Gasteiger partial charge on any atom is 0.223 e. The van der Waals surface area contributed by atoms with Crippen LogP contribution in [-0.4, -0.2) is 42.7 Å². The average Bonchev–Trinajstić information content (AvgIpc) is 3.26. The third-order valence-electron chi connectivity index (χ3n) is 5.25. The zero-order valence-electron chi connectivity index (χ0n) is 16.9. The van der Waals surface area contributed by atoms with Crippen molar-refractivity contribution < 1.29 is 23.5 Å². The second-order valence-corrected chi connectivity index (χ2v) is 7.23. The van der Waals surface area contributed by atoms with Crippen molar-refractivity contribution in [3.63, 3.8) is 0 Å². The van der Waals surface area contributed by atoms with Crippen molar-refractivity contribution in [1.82, 2.24) is 10.2 Å². The Kier molecular flexibility index (Phi) is 7.17. The zero-order valence-corrected chi connectivity index (χ0v) is 16.9. The fourth-order valence-corrected chi connectivity index (χ4v) is 3.61. The molecule has 3 rings (SSSR count). The molecule has 1 atom stereocenters. The van der Waals surface area contributed by atoms with Crippen LogP contribution < -0.4 is 10.1 Å². The molecule has 0 radical (unpaired) electrons. The van der Waals surface area contributed by atoms with Gasteiger partial charge in [0.1, 0.15) is 11.6 Å². The Morgan fingerprint density at radius 3 is 2.43 bits per heavy atom. The number of rotatable bonds is 8. The molecule has 30 heavy (non-hydrogen) atoms. The number of benzene rings is 2. The molecule has 1 heterocycles. The number of hydrogen-bond acceptors (Lipinski definition) is 4. The van der Waals surface area contributed by atoms with Gasteiger partial charge < -0.3 is 15.0 Å². The normalized spacial score (nSPS) is 15.7. The van der Waals surface area contributed by atoms with Gasteiger partial charge in [0.25, 0.3) is 0 Å². The van der Waals surface area contributed by atoms with Crippen LogP contribution >= 0.6 is 0 Å². The lowest BCUT2D eigenvalue weighted by Crippen LogP contribution is -2.33. The molecule has 6 nitrogen and oxygen atoms in total. The summed E-state index contributed by atoms with van der Waals surface area (Å²) in [6.07, 6.45) is 1.78. The Bertz CT molecular complexity index is 896. The minimum atomic E-state index is -0.345. The van der Waals surface area contributed by atoms with Crippen LogP contribution in [-0.2, 0) is 9.59 Å². The van der Waals surface area contributed by atoms with Gasteiger partial charge in [-0.25, -0.2) is 4.39 Å². The van der Waals surface area contributed by atoms with E-state index in [4.69, 9.17) is 4.74 Å². The molecular weight excluding hydrogens is 387 g/mol. The predicted octanol–water partition coefficient (Wildman–Crippen LogP) is 3.28. The fraction of sp³-hybridized carbons (Fsp3) is 0.348. The van der Waals surface area contributed by atoms with E-state index in [0.29, 0.717) is 17.9 Å². The van der Waals surface area contributed by atoms with Crippen LogP contribution in [0.25, 0.3) is 0 Å². The monoisotopic (exact) mass is 412 g/mol. The summed E-state index contributed by atoms with van der Waals surface area (Å²) in [5, 5.41) is 2.57. The van der Waals surface area contributed by atoms with E-state index >= 15 is 0 Å². The van der Waals surface area contributed by atoms with Crippen LogP contribution in [0.15, 0.2) is 48.5 Å². The standard InChI is InChI=1S/C23H25FN2O4/c1-30-19-10-6-17(7-11-19)21(27)15-25-22(28)12-13-23(29)26-14-2-3-20(26)16-4-8-18(24)9-5-16/h4-11,20H,2-3,12-15H2,1H3,(H,25,28)/t20-/m0/s1. The van der Waals surface area contributed by atoms with Gasteiger partial charge >= 0.3 is 0 Å². The first kappa shape index (κ1) is 21.5. The van der Waals surface area contributed by atoms with E-state index in [1.165, 1.54) is 12.1 Å². The van der Waals surface area contributed by atoms with Crippen LogP contribution in [0.4, 0.5) is 4.39 Å². The highest BCUT2D eigenvalue weighted by Crippen LogP contribution is 2.32. The Labute approximate surface area is 175 Å². The third kappa shape index (κ3) is 5.43. The summed E-state index contributed by atoms with van der Waals surface area (Å²) >= 11 is 0. The molecule has 2 aromatic carbocycles. The molecule has 0 aliphatic carbocycles. The molecule has 2 aromatic rings. The quantitative estimate of drug-likeness (QED) is 0.675. The van der Waals surface area contributed by atoms with Gasteiger partial charge in [-0.05, 0) is 54.8 Å². The van der Waals surface area contributed by atoms with E-state index in [2.05, 4.69) is 5.32 Å². The average molecular weight is 412 g/mol. The number of nitrogens with one attached hydrogen (secondary N) is 1.